The van der Waals surface area contributed by atoms with Crippen LogP contribution >= 0.6 is 15.9 Å². The maximum atomic E-state index is 4.93. The van der Waals surface area contributed by atoms with Gasteiger partial charge in [-0.1, -0.05) is 15.9 Å². The normalized spacial score (nSPS) is 26.6. The molecule has 0 fully saturated rings. The predicted molar refractivity (Wildman–Crippen MR) is 44.0 cm³/mol. The first-order valence-corrected chi connectivity index (χ1v) is 5.00. The second kappa shape index (κ2) is 2.75. The summed E-state index contributed by atoms with van der Waals surface area (Å²) in [6, 6.07) is 0. The Morgan fingerprint density at radius 3 is 2.88 bits per heavy atom. The van der Waals surface area contributed by atoms with Gasteiger partial charge in [-0.05, 0) is 26.9 Å². The van der Waals surface area contributed by atoms with Gasteiger partial charge in [0.1, 0.15) is 0 Å². The highest BCUT2D eigenvalue weighted by molar-refractivity contribution is 9.12. The van der Waals surface area contributed by atoms with Crippen molar-refractivity contribution in [1.29, 1.82) is 0 Å². The highest BCUT2D eigenvalue weighted by Crippen LogP contribution is 2.09. The molecule has 0 aromatic rings. The minimum absolute atomic E-state index is 0.183. The number of allylic oxidation sites excluding steroid dienone is 2. The van der Waals surface area contributed by atoms with Crippen LogP contribution in [0.25, 0.3) is 0 Å². The number of hydrogen-bond donors (Lipinski definition) is 1. The number of nitrogens with one attached hydrogen (secondary N) is 1. The first-order chi connectivity index (χ1) is 3.79. The lowest BCUT2D eigenvalue weighted by Gasteiger charge is -2.02. The molecule has 8 heavy (non-hydrogen) atoms. The van der Waals surface area contributed by atoms with Gasteiger partial charge >= 0.3 is 0 Å². The summed E-state index contributed by atoms with van der Waals surface area (Å²) >= 11 is 8.23. The molecular formula is C4H4BrNS2. The van der Waals surface area contributed by atoms with Crippen molar-refractivity contribution < 1.29 is 0 Å². The lowest BCUT2D eigenvalue weighted by Crippen LogP contribution is -2.07. The zero-order valence-corrected chi connectivity index (χ0v) is 7.15. The third-order valence-electron chi connectivity index (χ3n) is 0.646. The molecule has 1 heterocycles. The fourth-order valence-electron chi connectivity index (χ4n) is 0.356. The molecule has 1 rings (SSSR count). The van der Waals surface area contributed by atoms with E-state index in [1.54, 1.807) is 0 Å². The van der Waals surface area contributed by atoms with Crippen LogP contribution < -0.4 is 4.72 Å². The number of rotatable bonds is 0. The summed E-state index contributed by atoms with van der Waals surface area (Å²) in [5.41, 5.74) is 0. The second-order valence-corrected chi connectivity index (χ2v) is 4.31. The summed E-state index contributed by atoms with van der Waals surface area (Å²) in [6.45, 7) is 0. The van der Waals surface area contributed by atoms with Crippen molar-refractivity contribution in [1.82, 2.24) is 4.72 Å². The maximum absolute atomic E-state index is 4.93. The predicted octanol–water partition coefficient (Wildman–Crippen LogP) is 1.33. The van der Waals surface area contributed by atoms with Crippen LogP contribution in [-0.4, -0.2) is 0 Å². The molecule has 0 aromatic carbocycles. The lowest BCUT2D eigenvalue weighted by atomic mass is 10.6. The summed E-state index contributed by atoms with van der Waals surface area (Å²) in [5.74, 6) is 0. The molecule has 0 saturated heterocycles. The molecule has 1 atom stereocenters. The van der Waals surface area contributed by atoms with Crippen molar-refractivity contribution in [2.75, 3.05) is 0 Å². The SMILES string of the molecule is S=S1C=C(Br)C=CN1. The van der Waals surface area contributed by atoms with E-state index < -0.39 is 0 Å². The molecule has 1 nitrogen and oxygen atoms in total. The first kappa shape index (κ1) is 6.45. The van der Waals surface area contributed by atoms with E-state index in [9.17, 15) is 0 Å². The Morgan fingerprint density at radius 1 is 1.75 bits per heavy atom. The standard InChI is InChI=1S/C4H4BrNS2/c5-4-1-2-6-8(7)3-4/h1-3,6H. The monoisotopic (exact) mass is 209 g/mol. The Labute approximate surface area is 63.7 Å². The molecular weight excluding hydrogens is 206 g/mol. The van der Waals surface area contributed by atoms with E-state index >= 15 is 0 Å². The fourth-order valence-corrected chi connectivity index (χ4v) is 2.45. The highest BCUT2D eigenvalue weighted by Gasteiger charge is 1.92. The van der Waals surface area contributed by atoms with Crippen molar-refractivity contribution in [3.63, 3.8) is 0 Å². The van der Waals surface area contributed by atoms with Crippen LogP contribution in [0.15, 0.2) is 22.2 Å². The average molecular weight is 210 g/mol. The van der Waals surface area contributed by atoms with Gasteiger partial charge in [-0.25, -0.2) is 0 Å². The van der Waals surface area contributed by atoms with E-state index in [2.05, 4.69) is 20.7 Å². The van der Waals surface area contributed by atoms with Gasteiger partial charge in [0.15, 0.2) is 0 Å². The van der Waals surface area contributed by atoms with Crippen molar-refractivity contribution >= 4 is 36.8 Å². The zero-order valence-electron chi connectivity index (χ0n) is 3.93. The number of hydrogen-bond acceptors (Lipinski definition) is 1. The van der Waals surface area contributed by atoms with Crippen molar-refractivity contribution in [3.8, 4) is 0 Å². The van der Waals surface area contributed by atoms with Crippen LogP contribution in [0.3, 0.4) is 0 Å². The van der Waals surface area contributed by atoms with Gasteiger partial charge in [-0.3, -0.25) is 0 Å². The van der Waals surface area contributed by atoms with E-state index in [1.807, 2.05) is 17.7 Å². The minimum atomic E-state index is -0.183. The molecule has 0 amide bonds. The molecule has 0 aromatic heterocycles. The smallest absolute Gasteiger partial charge is 0.0273 e. The number of halogens is 1. The molecule has 0 spiro atoms. The van der Waals surface area contributed by atoms with E-state index in [1.165, 1.54) is 0 Å². The lowest BCUT2D eigenvalue weighted by molar-refractivity contribution is 1.40. The third kappa shape index (κ3) is 1.69. The third-order valence-corrected chi connectivity index (χ3v) is 2.86. The van der Waals surface area contributed by atoms with Crippen molar-refractivity contribution in [3.05, 3.63) is 22.2 Å². The second-order valence-electron chi connectivity index (χ2n) is 1.25. The molecule has 0 saturated carbocycles. The van der Waals surface area contributed by atoms with Gasteiger partial charge in [-0.15, -0.1) is 0 Å². The van der Waals surface area contributed by atoms with Crippen LogP contribution in [0, 0.1) is 0 Å². The summed E-state index contributed by atoms with van der Waals surface area (Å²) in [7, 11) is -0.183. The van der Waals surface area contributed by atoms with Crippen molar-refractivity contribution in [2.24, 2.45) is 0 Å². The van der Waals surface area contributed by atoms with Crippen LogP contribution in [0.2, 0.25) is 0 Å². The molecule has 1 aliphatic rings. The minimum Gasteiger partial charge on any atom is -0.330 e. The van der Waals surface area contributed by atoms with Gasteiger partial charge in [-0.2, -0.15) is 0 Å². The zero-order chi connectivity index (χ0) is 5.98. The van der Waals surface area contributed by atoms with Gasteiger partial charge in [0.25, 0.3) is 0 Å². The summed E-state index contributed by atoms with van der Waals surface area (Å²) in [5, 5.41) is 1.95. The van der Waals surface area contributed by atoms with Crippen LogP contribution in [-0.2, 0) is 20.8 Å². The summed E-state index contributed by atoms with van der Waals surface area (Å²) in [4.78, 5) is 0. The van der Waals surface area contributed by atoms with E-state index in [-0.39, 0.29) is 9.64 Å². The Hall–Kier alpha value is 0.330. The fraction of sp³-hybridized carbons (Fsp3) is 0. The average Bonchev–Trinajstić information content (AvgIpc) is 1.64. The first-order valence-electron chi connectivity index (χ1n) is 1.99. The van der Waals surface area contributed by atoms with Gasteiger partial charge in [0.2, 0.25) is 0 Å². The molecule has 0 bridgehead atoms. The topological polar surface area (TPSA) is 12.0 Å². The molecule has 44 valence electrons. The maximum Gasteiger partial charge on any atom is 0.0273 e. The molecule has 1 unspecified atom stereocenters. The van der Waals surface area contributed by atoms with E-state index in [0.29, 0.717) is 0 Å². The highest BCUT2D eigenvalue weighted by atomic mass is 79.9. The van der Waals surface area contributed by atoms with Crippen LogP contribution in [0.5, 0.6) is 0 Å². The van der Waals surface area contributed by atoms with Crippen LogP contribution in [0.1, 0.15) is 0 Å². The van der Waals surface area contributed by atoms with Gasteiger partial charge < -0.3 is 4.72 Å². The van der Waals surface area contributed by atoms with E-state index in [4.69, 9.17) is 11.2 Å². The summed E-state index contributed by atoms with van der Waals surface area (Å²) < 4.78 is 4.03. The summed E-state index contributed by atoms with van der Waals surface area (Å²) in [6.07, 6.45) is 3.77. The molecule has 0 aliphatic carbocycles. The molecule has 1 N–H and O–H groups in total. The van der Waals surface area contributed by atoms with Crippen LogP contribution in [0.4, 0.5) is 0 Å². The van der Waals surface area contributed by atoms with Gasteiger partial charge in [0.05, 0.1) is 0 Å². The molecule has 0 radical (unpaired) electrons. The molecule has 1 aliphatic heterocycles. The Bertz CT molecular complexity index is 173. The van der Waals surface area contributed by atoms with E-state index in [0.717, 1.165) is 4.48 Å². The van der Waals surface area contributed by atoms with Crippen molar-refractivity contribution in [2.45, 2.75) is 0 Å². The Kier molecular flexibility index (Phi) is 2.22. The quantitative estimate of drug-likeness (QED) is 0.647. The Morgan fingerprint density at radius 2 is 2.50 bits per heavy atom. The van der Waals surface area contributed by atoms with Gasteiger partial charge in [0, 0.05) is 16.1 Å². The molecule has 4 heteroatoms. The largest absolute Gasteiger partial charge is 0.330 e. The Balaban J connectivity index is 2.77.